The van der Waals surface area contributed by atoms with E-state index in [0.717, 1.165) is 28.1 Å². The first-order valence-corrected chi connectivity index (χ1v) is 12.2. The second-order valence-electron chi connectivity index (χ2n) is 9.27. The molecule has 0 aliphatic rings. The van der Waals surface area contributed by atoms with Gasteiger partial charge in [-0.05, 0) is 29.2 Å². The van der Waals surface area contributed by atoms with Gasteiger partial charge in [0.25, 0.3) is 0 Å². The Morgan fingerprint density at radius 1 is 0.919 bits per heavy atom. The molecule has 0 aliphatic carbocycles. The lowest BCUT2D eigenvalue weighted by atomic mass is 9.97. The molecule has 1 N–H and O–H groups in total. The highest BCUT2D eigenvalue weighted by Crippen LogP contribution is 2.27. The lowest BCUT2D eigenvalue weighted by Gasteiger charge is -2.11. The molecule has 3 heterocycles. The number of nitrogens with zero attached hydrogens (tertiary/aromatic N) is 6. The van der Waals surface area contributed by atoms with Crippen LogP contribution in [0.3, 0.4) is 0 Å². The molecule has 0 saturated heterocycles. The molecule has 0 unspecified atom stereocenters. The van der Waals surface area contributed by atoms with Crippen molar-refractivity contribution in [2.45, 2.75) is 26.3 Å². The zero-order valence-electron chi connectivity index (χ0n) is 20.5. The molecule has 6 aromatic rings. The second-order valence-corrected chi connectivity index (χ2v) is 9.27. The number of nitrogens with one attached hydrogen (secondary N) is 1. The number of imidazole rings is 1. The Kier molecular flexibility index (Phi) is 5.69. The van der Waals surface area contributed by atoms with Crippen molar-refractivity contribution in [2.24, 2.45) is 0 Å². The van der Waals surface area contributed by atoms with Crippen LogP contribution < -0.4 is 5.69 Å². The van der Waals surface area contributed by atoms with Crippen LogP contribution in [0.4, 0.5) is 0 Å². The summed E-state index contributed by atoms with van der Waals surface area (Å²) in [5.74, 6) is 0.941. The summed E-state index contributed by atoms with van der Waals surface area (Å²) in [6.07, 6.45) is 3.59. The minimum atomic E-state index is -0.216. The summed E-state index contributed by atoms with van der Waals surface area (Å²) in [5.41, 5.74) is 6.82. The number of benzene rings is 3. The van der Waals surface area contributed by atoms with Gasteiger partial charge in [-0.1, -0.05) is 85.8 Å². The summed E-state index contributed by atoms with van der Waals surface area (Å²) in [4.78, 5) is 25.0. The topological polar surface area (TPSA) is 94.3 Å². The minimum Gasteiger partial charge on any atom is -0.303 e. The lowest BCUT2D eigenvalue weighted by Crippen LogP contribution is -2.17. The summed E-state index contributed by atoms with van der Waals surface area (Å²) in [7, 11) is 0. The van der Waals surface area contributed by atoms with Crippen LogP contribution in [0.1, 0.15) is 30.9 Å². The van der Waals surface area contributed by atoms with E-state index < -0.39 is 0 Å². The van der Waals surface area contributed by atoms with E-state index in [0.29, 0.717) is 29.5 Å². The molecule has 37 heavy (non-hydrogen) atoms. The smallest absolute Gasteiger partial charge is 0.303 e. The normalized spacial score (nSPS) is 11.4. The zero-order chi connectivity index (χ0) is 25.4. The Morgan fingerprint density at radius 2 is 1.68 bits per heavy atom. The molecular formula is C29H25N7O. The maximum atomic E-state index is 12.8. The average molecular weight is 488 g/mol. The van der Waals surface area contributed by atoms with E-state index in [1.165, 1.54) is 5.56 Å². The summed E-state index contributed by atoms with van der Waals surface area (Å²) in [6.45, 7) is 4.68. The van der Waals surface area contributed by atoms with Crippen LogP contribution in [0.5, 0.6) is 0 Å². The number of H-pyrrole nitrogens is 1. The Balaban J connectivity index is 1.30. The summed E-state index contributed by atoms with van der Waals surface area (Å²) in [5, 5.41) is 8.56. The molecule has 8 nitrogen and oxygen atoms in total. The van der Waals surface area contributed by atoms with Crippen molar-refractivity contribution >= 4 is 11.2 Å². The van der Waals surface area contributed by atoms with Crippen molar-refractivity contribution in [3.63, 3.8) is 0 Å². The van der Waals surface area contributed by atoms with Gasteiger partial charge in [0.1, 0.15) is 11.2 Å². The molecule has 6 rings (SSSR count). The van der Waals surface area contributed by atoms with Crippen LogP contribution in [0.2, 0.25) is 0 Å². The molecule has 8 heteroatoms. The third kappa shape index (κ3) is 4.33. The maximum Gasteiger partial charge on any atom is 0.328 e. The Labute approximate surface area is 213 Å². The van der Waals surface area contributed by atoms with Gasteiger partial charge in [0, 0.05) is 11.1 Å². The molecule has 0 aliphatic heterocycles. The monoisotopic (exact) mass is 487 g/mol. The van der Waals surface area contributed by atoms with Gasteiger partial charge in [0.15, 0.2) is 11.5 Å². The maximum absolute atomic E-state index is 12.8. The highest BCUT2D eigenvalue weighted by Gasteiger charge is 2.15. The van der Waals surface area contributed by atoms with Gasteiger partial charge in [0.2, 0.25) is 0 Å². The van der Waals surface area contributed by atoms with Crippen molar-refractivity contribution in [3.05, 3.63) is 113 Å². The van der Waals surface area contributed by atoms with Gasteiger partial charge in [-0.25, -0.2) is 19.4 Å². The van der Waals surface area contributed by atoms with Crippen LogP contribution in [-0.4, -0.2) is 34.5 Å². The quantitative estimate of drug-likeness (QED) is 0.348. The van der Waals surface area contributed by atoms with Gasteiger partial charge >= 0.3 is 5.69 Å². The highest BCUT2D eigenvalue weighted by atomic mass is 16.1. The number of aromatic amines is 1. The zero-order valence-corrected chi connectivity index (χ0v) is 20.5. The van der Waals surface area contributed by atoms with E-state index in [-0.39, 0.29) is 5.69 Å². The summed E-state index contributed by atoms with van der Waals surface area (Å²) < 4.78 is 3.39. The largest absolute Gasteiger partial charge is 0.328 e. The van der Waals surface area contributed by atoms with Crippen LogP contribution in [0, 0.1) is 0 Å². The standard InChI is InChI=1S/C29H25N7O/c1-19(2)23-10-6-7-11-24(23)27-30-16-25-28(32-27)35(29(37)31-25)17-20-12-14-22(15-13-20)36-18-26(33-34-36)21-8-4-3-5-9-21/h3-16,18-19H,17H2,1-2H3,(H,31,37). The summed E-state index contributed by atoms with van der Waals surface area (Å²) in [6, 6.07) is 26.0. The number of rotatable bonds is 6. The van der Waals surface area contributed by atoms with Crippen molar-refractivity contribution in [3.8, 4) is 28.3 Å². The Morgan fingerprint density at radius 3 is 2.46 bits per heavy atom. The van der Waals surface area contributed by atoms with E-state index in [1.807, 2.05) is 79.0 Å². The molecule has 3 aromatic heterocycles. The Bertz CT molecular complexity index is 1750. The van der Waals surface area contributed by atoms with Crippen molar-refractivity contribution < 1.29 is 0 Å². The Hall–Kier alpha value is -4.85. The second kappa shape index (κ2) is 9.31. The minimum absolute atomic E-state index is 0.216. The van der Waals surface area contributed by atoms with Gasteiger partial charge in [-0.2, -0.15) is 0 Å². The predicted molar refractivity (Wildman–Crippen MR) is 144 cm³/mol. The van der Waals surface area contributed by atoms with Crippen LogP contribution in [0.15, 0.2) is 96.1 Å². The molecule has 3 aromatic carbocycles. The molecule has 0 atom stereocenters. The van der Waals surface area contributed by atoms with Gasteiger partial charge in [-0.3, -0.25) is 4.57 Å². The molecule has 0 spiro atoms. The van der Waals surface area contributed by atoms with E-state index in [2.05, 4.69) is 40.2 Å². The number of fused-ring (bicyclic) bond motifs is 1. The van der Waals surface area contributed by atoms with Crippen molar-refractivity contribution in [1.29, 1.82) is 0 Å². The number of hydrogen-bond acceptors (Lipinski definition) is 5. The SMILES string of the molecule is CC(C)c1ccccc1-c1ncc2[nH]c(=O)n(Cc3ccc(-n4cc(-c5ccccc5)nn4)cc3)c2n1. The van der Waals surface area contributed by atoms with E-state index in [1.54, 1.807) is 15.4 Å². The molecular weight excluding hydrogens is 462 g/mol. The number of hydrogen-bond donors (Lipinski definition) is 1. The van der Waals surface area contributed by atoms with E-state index >= 15 is 0 Å². The van der Waals surface area contributed by atoms with Gasteiger partial charge < -0.3 is 4.98 Å². The highest BCUT2D eigenvalue weighted by molar-refractivity contribution is 5.73. The van der Waals surface area contributed by atoms with Gasteiger partial charge in [0.05, 0.1) is 24.6 Å². The van der Waals surface area contributed by atoms with Crippen LogP contribution in [-0.2, 0) is 6.54 Å². The molecule has 0 amide bonds. The fourth-order valence-corrected chi connectivity index (χ4v) is 4.49. The van der Waals surface area contributed by atoms with Crippen molar-refractivity contribution in [1.82, 2.24) is 34.5 Å². The first kappa shape index (κ1) is 22.6. The number of aromatic nitrogens is 7. The molecule has 0 saturated carbocycles. The molecule has 0 bridgehead atoms. The fraction of sp³-hybridized carbons (Fsp3) is 0.138. The first-order valence-electron chi connectivity index (χ1n) is 12.2. The van der Waals surface area contributed by atoms with Crippen molar-refractivity contribution in [2.75, 3.05) is 0 Å². The van der Waals surface area contributed by atoms with Crippen LogP contribution in [0.25, 0.3) is 39.5 Å². The molecule has 182 valence electrons. The fourth-order valence-electron chi connectivity index (χ4n) is 4.49. The van der Waals surface area contributed by atoms with E-state index in [4.69, 9.17) is 4.98 Å². The molecule has 0 fully saturated rings. The van der Waals surface area contributed by atoms with Gasteiger partial charge in [-0.15, -0.1) is 5.10 Å². The molecule has 0 radical (unpaired) electrons. The average Bonchev–Trinajstić information content (AvgIpc) is 3.54. The third-order valence-corrected chi connectivity index (χ3v) is 6.44. The van der Waals surface area contributed by atoms with E-state index in [9.17, 15) is 4.79 Å². The predicted octanol–water partition coefficient (Wildman–Crippen LogP) is 5.21. The third-order valence-electron chi connectivity index (χ3n) is 6.44. The summed E-state index contributed by atoms with van der Waals surface area (Å²) >= 11 is 0. The lowest BCUT2D eigenvalue weighted by molar-refractivity contribution is 0.773. The van der Waals surface area contributed by atoms with Crippen LogP contribution >= 0.6 is 0 Å². The first-order chi connectivity index (χ1) is 18.1.